The van der Waals surface area contributed by atoms with E-state index in [0.717, 1.165) is 11.3 Å². The van der Waals surface area contributed by atoms with Crippen LogP contribution in [0.4, 0.5) is 5.69 Å². The van der Waals surface area contributed by atoms with Gasteiger partial charge in [0.15, 0.2) is 6.61 Å². The molecule has 0 aliphatic heterocycles. The van der Waals surface area contributed by atoms with Crippen LogP contribution >= 0.6 is 0 Å². The SMILES string of the molecule is Cc1nc(COc2ccccc2C(=O)NCc2ccc(NC(=O)C(C)C)cc2)no1. The Morgan fingerprint density at radius 2 is 1.83 bits per heavy atom. The van der Waals surface area contributed by atoms with E-state index in [0.29, 0.717) is 29.6 Å². The molecule has 1 aromatic heterocycles. The number of carbonyl (C=O) groups is 2. The topological polar surface area (TPSA) is 106 Å². The number of nitrogens with one attached hydrogen (secondary N) is 2. The predicted molar refractivity (Wildman–Crippen MR) is 111 cm³/mol. The first kappa shape index (κ1) is 21.0. The van der Waals surface area contributed by atoms with Crippen molar-refractivity contribution in [1.82, 2.24) is 15.5 Å². The zero-order valence-electron chi connectivity index (χ0n) is 17.1. The molecule has 8 heteroatoms. The number of anilines is 1. The second kappa shape index (κ2) is 9.69. The van der Waals surface area contributed by atoms with E-state index in [1.165, 1.54) is 0 Å². The van der Waals surface area contributed by atoms with Gasteiger partial charge in [-0.2, -0.15) is 4.98 Å². The number of rotatable bonds is 8. The molecule has 8 nitrogen and oxygen atoms in total. The van der Waals surface area contributed by atoms with Crippen LogP contribution in [0.15, 0.2) is 53.1 Å². The van der Waals surface area contributed by atoms with E-state index in [1.54, 1.807) is 31.2 Å². The Labute approximate surface area is 174 Å². The highest BCUT2D eigenvalue weighted by atomic mass is 16.5. The van der Waals surface area contributed by atoms with Gasteiger partial charge in [-0.15, -0.1) is 0 Å². The van der Waals surface area contributed by atoms with Gasteiger partial charge in [0.1, 0.15) is 5.75 Å². The summed E-state index contributed by atoms with van der Waals surface area (Å²) < 4.78 is 10.6. The number of amides is 2. The molecule has 2 amide bonds. The number of aromatic nitrogens is 2. The van der Waals surface area contributed by atoms with Crippen molar-refractivity contribution in [3.8, 4) is 5.75 Å². The van der Waals surface area contributed by atoms with E-state index in [4.69, 9.17) is 9.26 Å². The lowest BCUT2D eigenvalue weighted by Gasteiger charge is -2.11. The highest BCUT2D eigenvalue weighted by Gasteiger charge is 2.13. The minimum Gasteiger partial charge on any atom is -0.485 e. The van der Waals surface area contributed by atoms with Crippen LogP contribution < -0.4 is 15.4 Å². The smallest absolute Gasteiger partial charge is 0.255 e. The summed E-state index contributed by atoms with van der Waals surface area (Å²) >= 11 is 0. The number of nitrogens with zero attached hydrogens (tertiary/aromatic N) is 2. The van der Waals surface area contributed by atoms with Crippen molar-refractivity contribution >= 4 is 17.5 Å². The number of ether oxygens (including phenoxy) is 1. The quantitative estimate of drug-likeness (QED) is 0.591. The zero-order chi connectivity index (χ0) is 21.5. The van der Waals surface area contributed by atoms with Gasteiger partial charge in [0, 0.05) is 25.1 Å². The lowest BCUT2D eigenvalue weighted by Crippen LogP contribution is -2.23. The highest BCUT2D eigenvalue weighted by molar-refractivity contribution is 5.96. The Bertz CT molecular complexity index is 1010. The largest absolute Gasteiger partial charge is 0.485 e. The second-order valence-corrected chi connectivity index (χ2v) is 7.04. The summed E-state index contributed by atoms with van der Waals surface area (Å²) in [5.41, 5.74) is 2.05. The predicted octanol–water partition coefficient (Wildman–Crippen LogP) is 3.48. The molecular formula is C22H24N4O4. The van der Waals surface area contributed by atoms with Crippen molar-refractivity contribution in [2.75, 3.05) is 5.32 Å². The van der Waals surface area contributed by atoms with E-state index < -0.39 is 0 Å². The molecular weight excluding hydrogens is 384 g/mol. The van der Waals surface area contributed by atoms with Crippen molar-refractivity contribution in [3.05, 3.63) is 71.4 Å². The number of benzene rings is 2. The van der Waals surface area contributed by atoms with Gasteiger partial charge in [0.25, 0.3) is 5.91 Å². The third-order valence-electron chi connectivity index (χ3n) is 4.26. The molecule has 0 saturated heterocycles. The molecule has 0 aliphatic rings. The molecule has 2 N–H and O–H groups in total. The van der Waals surface area contributed by atoms with Crippen molar-refractivity contribution in [3.63, 3.8) is 0 Å². The summed E-state index contributed by atoms with van der Waals surface area (Å²) in [5.74, 6) is 0.914. The number of para-hydroxylation sites is 1. The lowest BCUT2D eigenvalue weighted by molar-refractivity contribution is -0.118. The molecule has 1 heterocycles. The highest BCUT2D eigenvalue weighted by Crippen LogP contribution is 2.19. The van der Waals surface area contributed by atoms with E-state index in [2.05, 4.69) is 20.8 Å². The lowest BCUT2D eigenvalue weighted by atomic mass is 10.1. The van der Waals surface area contributed by atoms with Crippen LogP contribution in [0.2, 0.25) is 0 Å². The summed E-state index contributed by atoms with van der Waals surface area (Å²) in [5, 5.41) is 9.49. The van der Waals surface area contributed by atoms with Crippen molar-refractivity contribution in [1.29, 1.82) is 0 Å². The summed E-state index contributed by atoms with van der Waals surface area (Å²) in [6.45, 7) is 5.82. The fraction of sp³-hybridized carbons (Fsp3) is 0.273. The van der Waals surface area contributed by atoms with Gasteiger partial charge >= 0.3 is 0 Å². The molecule has 3 aromatic rings. The molecule has 3 rings (SSSR count). The molecule has 2 aromatic carbocycles. The number of hydrogen-bond donors (Lipinski definition) is 2. The van der Waals surface area contributed by atoms with Crippen LogP contribution in [0.5, 0.6) is 5.75 Å². The fourth-order valence-electron chi connectivity index (χ4n) is 2.59. The molecule has 0 fully saturated rings. The Morgan fingerprint density at radius 3 is 2.50 bits per heavy atom. The van der Waals surface area contributed by atoms with Crippen molar-refractivity contribution in [2.24, 2.45) is 5.92 Å². The normalized spacial score (nSPS) is 10.7. The average Bonchev–Trinajstić information content (AvgIpc) is 3.16. The van der Waals surface area contributed by atoms with E-state index in [1.807, 2.05) is 38.1 Å². The van der Waals surface area contributed by atoms with Crippen molar-refractivity contribution in [2.45, 2.75) is 33.9 Å². The van der Waals surface area contributed by atoms with E-state index in [-0.39, 0.29) is 24.3 Å². The molecule has 0 unspecified atom stereocenters. The van der Waals surface area contributed by atoms with E-state index in [9.17, 15) is 9.59 Å². The van der Waals surface area contributed by atoms with Gasteiger partial charge in [-0.3, -0.25) is 9.59 Å². The summed E-state index contributed by atoms with van der Waals surface area (Å²) in [6.07, 6.45) is 0. The number of hydrogen-bond acceptors (Lipinski definition) is 6. The van der Waals surface area contributed by atoms with Gasteiger partial charge in [0.05, 0.1) is 5.56 Å². The molecule has 0 aliphatic carbocycles. The second-order valence-electron chi connectivity index (χ2n) is 7.04. The molecule has 0 bridgehead atoms. The first-order chi connectivity index (χ1) is 14.4. The maximum Gasteiger partial charge on any atom is 0.255 e. The number of carbonyl (C=O) groups excluding carboxylic acids is 2. The molecule has 30 heavy (non-hydrogen) atoms. The van der Waals surface area contributed by atoms with Crippen LogP contribution in [-0.2, 0) is 17.9 Å². The molecule has 0 saturated carbocycles. The Morgan fingerprint density at radius 1 is 1.10 bits per heavy atom. The van der Waals surface area contributed by atoms with Gasteiger partial charge in [-0.25, -0.2) is 0 Å². The summed E-state index contributed by atoms with van der Waals surface area (Å²) in [4.78, 5) is 28.5. The third-order valence-corrected chi connectivity index (χ3v) is 4.26. The Kier molecular flexibility index (Phi) is 6.79. The first-order valence-corrected chi connectivity index (χ1v) is 9.61. The monoisotopic (exact) mass is 408 g/mol. The van der Waals surface area contributed by atoms with Gasteiger partial charge in [0.2, 0.25) is 17.6 Å². The van der Waals surface area contributed by atoms with Crippen LogP contribution in [0.1, 0.15) is 41.5 Å². The summed E-state index contributed by atoms with van der Waals surface area (Å²) in [7, 11) is 0. The maximum absolute atomic E-state index is 12.6. The number of aryl methyl sites for hydroxylation is 1. The van der Waals surface area contributed by atoms with Crippen LogP contribution in [-0.4, -0.2) is 22.0 Å². The van der Waals surface area contributed by atoms with Crippen molar-refractivity contribution < 1.29 is 18.8 Å². The first-order valence-electron chi connectivity index (χ1n) is 9.61. The zero-order valence-corrected chi connectivity index (χ0v) is 17.1. The Balaban J connectivity index is 1.57. The van der Waals surface area contributed by atoms with Crippen LogP contribution in [0, 0.1) is 12.8 Å². The Hall–Kier alpha value is -3.68. The van der Waals surface area contributed by atoms with Gasteiger partial charge in [-0.05, 0) is 29.8 Å². The molecule has 156 valence electrons. The van der Waals surface area contributed by atoms with Crippen LogP contribution in [0.25, 0.3) is 0 Å². The molecule has 0 atom stereocenters. The minimum atomic E-state index is -0.257. The summed E-state index contributed by atoms with van der Waals surface area (Å²) in [6, 6.07) is 14.3. The van der Waals surface area contributed by atoms with Crippen LogP contribution in [0.3, 0.4) is 0 Å². The molecule has 0 radical (unpaired) electrons. The van der Waals surface area contributed by atoms with Gasteiger partial charge in [-0.1, -0.05) is 43.3 Å². The average molecular weight is 408 g/mol. The standard InChI is InChI=1S/C22H24N4O4/c1-14(2)21(27)25-17-10-8-16(9-11-17)12-23-22(28)18-6-4-5-7-19(18)29-13-20-24-15(3)30-26-20/h4-11,14H,12-13H2,1-3H3,(H,23,28)(H,25,27). The minimum absolute atomic E-state index is 0.0383. The van der Waals surface area contributed by atoms with Gasteiger partial charge < -0.3 is 19.9 Å². The maximum atomic E-state index is 12.6. The third kappa shape index (κ3) is 5.66. The van der Waals surface area contributed by atoms with E-state index >= 15 is 0 Å². The molecule has 0 spiro atoms. The fourth-order valence-corrected chi connectivity index (χ4v) is 2.59.